The third-order valence-corrected chi connectivity index (χ3v) is 2.74. The maximum Gasteiger partial charge on any atom is 0.242 e. The molecule has 0 aliphatic carbocycles. The van der Waals surface area contributed by atoms with Crippen LogP contribution in [0.2, 0.25) is 0 Å². The summed E-state index contributed by atoms with van der Waals surface area (Å²) in [6, 6.07) is 11.3. The maximum atomic E-state index is 12.0. The summed E-state index contributed by atoms with van der Waals surface area (Å²) < 4.78 is 0. The van der Waals surface area contributed by atoms with E-state index in [2.05, 4.69) is 25.2 Å². The minimum Gasteiger partial charge on any atom is -0.352 e. The minimum atomic E-state index is -0.721. The van der Waals surface area contributed by atoms with E-state index in [4.69, 9.17) is 5.26 Å². The molecule has 1 N–H and O–H groups in total. The zero-order valence-corrected chi connectivity index (χ0v) is 11.2. The average Bonchev–Trinajstić information content (AvgIpc) is 2.29. The normalized spacial score (nSPS) is 13.7. The fourth-order valence-electron chi connectivity index (χ4n) is 2.02. The molecule has 0 radical (unpaired) electrons. The Hall–Kier alpha value is -1.82. The Morgan fingerprint density at radius 2 is 1.89 bits per heavy atom. The van der Waals surface area contributed by atoms with Crippen LogP contribution in [-0.2, 0) is 4.79 Å². The van der Waals surface area contributed by atoms with Crippen LogP contribution in [0, 0.1) is 17.2 Å². The van der Waals surface area contributed by atoms with E-state index in [1.165, 1.54) is 0 Å². The molecule has 2 unspecified atom stereocenters. The fraction of sp³-hybridized carbons (Fsp3) is 0.467. The van der Waals surface area contributed by atoms with Gasteiger partial charge in [-0.2, -0.15) is 5.26 Å². The Kier molecular flexibility index (Phi) is 5.38. The highest BCUT2D eigenvalue weighted by Gasteiger charge is 2.21. The number of carbonyl (C=O) groups excluding carboxylic acids is 1. The molecule has 0 aromatic heterocycles. The van der Waals surface area contributed by atoms with Crippen LogP contribution in [0.25, 0.3) is 0 Å². The smallest absolute Gasteiger partial charge is 0.242 e. The third-order valence-electron chi connectivity index (χ3n) is 2.74. The van der Waals surface area contributed by atoms with Crippen molar-refractivity contribution < 1.29 is 4.79 Å². The van der Waals surface area contributed by atoms with Gasteiger partial charge in [0.2, 0.25) is 5.91 Å². The highest BCUT2D eigenvalue weighted by atomic mass is 16.1. The van der Waals surface area contributed by atoms with Crippen LogP contribution in [0.4, 0.5) is 0 Å². The van der Waals surface area contributed by atoms with Crippen molar-refractivity contribution >= 4 is 5.91 Å². The largest absolute Gasteiger partial charge is 0.352 e. The van der Waals surface area contributed by atoms with Gasteiger partial charge in [0.15, 0.2) is 0 Å². The summed E-state index contributed by atoms with van der Waals surface area (Å²) in [7, 11) is 0. The van der Waals surface area contributed by atoms with Crippen molar-refractivity contribution in [2.24, 2.45) is 5.92 Å². The molecule has 3 nitrogen and oxygen atoms in total. The molecule has 0 bridgehead atoms. The fourth-order valence-corrected chi connectivity index (χ4v) is 2.02. The average molecular weight is 244 g/mol. The summed E-state index contributed by atoms with van der Waals surface area (Å²) in [5, 5.41) is 12.0. The number of rotatable bonds is 5. The first-order valence-corrected chi connectivity index (χ1v) is 6.29. The first-order valence-electron chi connectivity index (χ1n) is 6.29. The van der Waals surface area contributed by atoms with Crippen molar-refractivity contribution in [2.75, 3.05) is 0 Å². The van der Waals surface area contributed by atoms with Crippen molar-refractivity contribution in [1.82, 2.24) is 5.32 Å². The lowest BCUT2D eigenvalue weighted by Crippen LogP contribution is -2.36. The molecule has 0 saturated carbocycles. The second kappa shape index (κ2) is 6.80. The minimum absolute atomic E-state index is 0.0945. The van der Waals surface area contributed by atoms with Gasteiger partial charge in [-0.05, 0) is 24.8 Å². The Bertz CT molecular complexity index is 420. The van der Waals surface area contributed by atoms with Crippen LogP contribution in [0.15, 0.2) is 30.3 Å². The molecule has 1 aromatic rings. The lowest BCUT2D eigenvalue weighted by Gasteiger charge is -2.18. The van der Waals surface area contributed by atoms with Crippen molar-refractivity contribution in [2.45, 2.75) is 39.2 Å². The van der Waals surface area contributed by atoms with Gasteiger partial charge in [-0.1, -0.05) is 44.2 Å². The topological polar surface area (TPSA) is 52.9 Å². The molecular formula is C15H20N2O. The molecular weight excluding hydrogens is 224 g/mol. The third kappa shape index (κ3) is 4.21. The van der Waals surface area contributed by atoms with E-state index in [1.807, 2.05) is 25.1 Å². The summed E-state index contributed by atoms with van der Waals surface area (Å²) in [5.41, 5.74) is 0.745. The van der Waals surface area contributed by atoms with Crippen LogP contribution in [0.5, 0.6) is 0 Å². The van der Waals surface area contributed by atoms with Gasteiger partial charge in [-0.15, -0.1) is 0 Å². The van der Waals surface area contributed by atoms with E-state index in [9.17, 15) is 4.79 Å². The second-order valence-corrected chi connectivity index (χ2v) is 5.01. The maximum absolute atomic E-state index is 12.0. The monoisotopic (exact) mass is 244 g/mol. The summed E-state index contributed by atoms with van der Waals surface area (Å²) in [6.45, 7) is 6.20. The molecule has 2 atom stereocenters. The number of benzene rings is 1. The Labute approximate surface area is 109 Å². The lowest BCUT2D eigenvalue weighted by atomic mass is 9.98. The van der Waals surface area contributed by atoms with E-state index in [0.717, 1.165) is 12.0 Å². The molecule has 1 rings (SSSR count). The summed E-state index contributed by atoms with van der Waals surface area (Å²) in [4.78, 5) is 12.0. The number of hydrogen-bond acceptors (Lipinski definition) is 2. The molecule has 0 saturated heterocycles. The Morgan fingerprint density at radius 3 is 2.39 bits per heavy atom. The number of hydrogen-bond donors (Lipinski definition) is 1. The molecule has 0 aliphatic rings. The highest BCUT2D eigenvalue weighted by molar-refractivity contribution is 5.86. The quantitative estimate of drug-likeness (QED) is 0.866. The summed E-state index contributed by atoms with van der Waals surface area (Å²) in [6.07, 6.45) is 0.915. The van der Waals surface area contributed by atoms with E-state index in [1.54, 1.807) is 12.1 Å². The van der Waals surface area contributed by atoms with E-state index >= 15 is 0 Å². The zero-order chi connectivity index (χ0) is 13.5. The van der Waals surface area contributed by atoms with Gasteiger partial charge in [0, 0.05) is 6.04 Å². The van der Waals surface area contributed by atoms with Crippen LogP contribution in [-0.4, -0.2) is 11.9 Å². The molecule has 3 heteroatoms. The Morgan fingerprint density at radius 1 is 1.28 bits per heavy atom. The molecule has 96 valence electrons. The van der Waals surface area contributed by atoms with Crippen LogP contribution in [0.3, 0.4) is 0 Å². The highest BCUT2D eigenvalue weighted by Crippen LogP contribution is 2.15. The second-order valence-electron chi connectivity index (χ2n) is 5.01. The lowest BCUT2D eigenvalue weighted by molar-refractivity contribution is -0.122. The number of nitrogens with one attached hydrogen (secondary N) is 1. The van der Waals surface area contributed by atoms with Gasteiger partial charge in [-0.25, -0.2) is 0 Å². The molecule has 0 aliphatic heterocycles. The summed E-state index contributed by atoms with van der Waals surface area (Å²) in [5.74, 6) is -0.407. The predicted molar refractivity (Wildman–Crippen MR) is 71.9 cm³/mol. The van der Waals surface area contributed by atoms with Gasteiger partial charge in [0.1, 0.15) is 5.92 Å². The molecule has 0 fully saturated rings. The van der Waals surface area contributed by atoms with Crippen molar-refractivity contribution in [3.05, 3.63) is 35.9 Å². The first kappa shape index (κ1) is 14.2. The first-order chi connectivity index (χ1) is 8.54. The number of amides is 1. The van der Waals surface area contributed by atoms with Crippen LogP contribution >= 0.6 is 0 Å². The molecule has 0 heterocycles. The van der Waals surface area contributed by atoms with E-state index in [-0.39, 0.29) is 11.9 Å². The van der Waals surface area contributed by atoms with Crippen molar-refractivity contribution in [3.63, 3.8) is 0 Å². The van der Waals surface area contributed by atoms with Crippen LogP contribution < -0.4 is 5.32 Å². The van der Waals surface area contributed by atoms with Crippen molar-refractivity contribution in [1.29, 1.82) is 5.26 Å². The van der Waals surface area contributed by atoms with Crippen molar-refractivity contribution in [3.8, 4) is 6.07 Å². The van der Waals surface area contributed by atoms with Gasteiger partial charge >= 0.3 is 0 Å². The Balaban J connectivity index is 2.67. The molecule has 0 spiro atoms. The number of nitrogens with zero attached hydrogens (tertiary/aromatic N) is 1. The number of nitriles is 1. The molecule has 18 heavy (non-hydrogen) atoms. The zero-order valence-electron chi connectivity index (χ0n) is 11.2. The van der Waals surface area contributed by atoms with Crippen LogP contribution in [0.1, 0.15) is 38.7 Å². The van der Waals surface area contributed by atoms with E-state index in [0.29, 0.717) is 5.92 Å². The SMILES string of the molecule is CC(C)CC(C)NC(=O)C(C#N)c1ccccc1. The molecule has 1 amide bonds. The van der Waals surface area contributed by atoms with Gasteiger partial charge in [-0.3, -0.25) is 4.79 Å². The summed E-state index contributed by atoms with van der Waals surface area (Å²) >= 11 is 0. The van der Waals surface area contributed by atoms with Gasteiger partial charge in [0.25, 0.3) is 0 Å². The van der Waals surface area contributed by atoms with E-state index < -0.39 is 5.92 Å². The van der Waals surface area contributed by atoms with Gasteiger partial charge < -0.3 is 5.32 Å². The number of carbonyl (C=O) groups is 1. The molecule has 1 aromatic carbocycles. The standard InChI is InChI=1S/C15H20N2O/c1-11(2)9-12(3)17-15(18)14(10-16)13-7-5-4-6-8-13/h4-8,11-12,14H,9H2,1-3H3,(H,17,18). The van der Waals surface area contributed by atoms with Gasteiger partial charge in [0.05, 0.1) is 6.07 Å². The predicted octanol–water partition coefficient (Wildman–Crippen LogP) is 2.84.